The maximum absolute atomic E-state index is 14.4. The summed E-state index contributed by atoms with van der Waals surface area (Å²) in [5, 5.41) is 1.60. The summed E-state index contributed by atoms with van der Waals surface area (Å²) in [5.74, 6) is -0.534. The number of aromatic nitrogens is 2. The number of rotatable bonds is 10. The van der Waals surface area contributed by atoms with E-state index in [0.29, 0.717) is 32.8 Å². The topological polar surface area (TPSA) is 130 Å². The molecule has 6 aromatic rings. The van der Waals surface area contributed by atoms with Crippen molar-refractivity contribution in [2.24, 2.45) is 0 Å². The fraction of sp³-hybridized carbons (Fsp3) is 0.205. The molecular weight excluding hydrogens is 756 g/mol. The summed E-state index contributed by atoms with van der Waals surface area (Å²) in [7, 11) is -7.41. The van der Waals surface area contributed by atoms with E-state index >= 15 is 0 Å². The molecule has 3 heterocycles. The number of anilines is 1. The quantitative estimate of drug-likeness (QED) is 0.150. The molecule has 0 radical (unpaired) electrons. The monoisotopic (exact) mass is 789 g/mol. The van der Waals surface area contributed by atoms with Gasteiger partial charge in [-0.1, -0.05) is 66.7 Å². The third-order valence-electron chi connectivity index (χ3n) is 9.55. The van der Waals surface area contributed by atoms with Crippen LogP contribution < -0.4 is 9.08 Å². The number of alkyl halides is 3. The number of amides is 1. The van der Waals surface area contributed by atoms with Gasteiger partial charge in [-0.2, -0.15) is 25.9 Å². The van der Waals surface area contributed by atoms with Crippen molar-refractivity contribution in [2.45, 2.75) is 28.7 Å². The van der Waals surface area contributed by atoms with Crippen molar-refractivity contribution in [2.75, 3.05) is 38.1 Å². The van der Waals surface area contributed by atoms with Crippen LogP contribution in [0.25, 0.3) is 21.5 Å². The van der Waals surface area contributed by atoms with Gasteiger partial charge in [-0.05, 0) is 65.2 Å². The number of halogens is 3. The summed E-state index contributed by atoms with van der Waals surface area (Å²) in [4.78, 5) is 25.8. The van der Waals surface area contributed by atoms with Crippen LogP contribution in [0.2, 0.25) is 0 Å². The lowest BCUT2D eigenvalue weighted by Crippen LogP contribution is -2.56. The second-order valence-corrected chi connectivity index (χ2v) is 16.3. The molecule has 55 heavy (non-hydrogen) atoms. The van der Waals surface area contributed by atoms with Crippen LogP contribution in [0.1, 0.15) is 11.1 Å². The van der Waals surface area contributed by atoms with Gasteiger partial charge < -0.3 is 14.0 Å². The summed E-state index contributed by atoms with van der Waals surface area (Å²) in [6, 6.07) is 26.7. The number of benzene rings is 4. The zero-order valence-corrected chi connectivity index (χ0v) is 30.9. The second kappa shape index (κ2) is 14.9. The van der Waals surface area contributed by atoms with E-state index in [1.807, 2.05) is 0 Å². The van der Waals surface area contributed by atoms with Crippen LogP contribution in [0.3, 0.4) is 0 Å². The number of likely N-dealkylation sites (N-methyl/N-ethyl adjacent to an activating group) is 1. The molecule has 1 saturated heterocycles. The Hall–Kier alpha value is -5.58. The molecule has 0 unspecified atom stereocenters. The van der Waals surface area contributed by atoms with E-state index in [-0.39, 0.29) is 48.4 Å². The highest BCUT2D eigenvalue weighted by Crippen LogP contribution is 2.33. The Labute approximate surface area is 315 Å². The molecule has 1 atom stereocenters. The molecular formula is C39H34F3N5O6S2. The summed E-state index contributed by atoms with van der Waals surface area (Å²) < 4.78 is 102. The third kappa shape index (κ3) is 7.83. The van der Waals surface area contributed by atoms with Crippen LogP contribution in [-0.2, 0) is 37.5 Å². The summed E-state index contributed by atoms with van der Waals surface area (Å²) in [6.45, 7) is 0.679. The smallest absolute Gasteiger partial charge is 0.378 e. The first kappa shape index (κ1) is 37.7. The molecule has 1 aliphatic rings. The van der Waals surface area contributed by atoms with E-state index in [9.17, 15) is 34.8 Å². The summed E-state index contributed by atoms with van der Waals surface area (Å²) in [6.07, 6.45) is -1.86. The van der Waals surface area contributed by atoms with Gasteiger partial charge in [0.2, 0.25) is 10.9 Å². The number of hydrogen-bond acceptors (Lipinski definition) is 9. The lowest BCUT2D eigenvalue weighted by Gasteiger charge is -2.39. The van der Waals surface area contributed by atoms with Crippen molar-refractivity contribution in [3.63, 3.8) is 0 Å². The van der Waals surface area contributed by atoms with Gasteiger partial charge in [-0.25, -0.2) is 18.4 Å². The van der Waals surface area contributed by atoms with E-state index in [0.717, 1.165) is 16.4 Å². The Morgan fingerprint density at radius 1 is 0.764 bits per heavy atom. The fourth-order valence-electron chi connectivity index (χ4n) is 6.61. The maximum atomic E-state index is 14.4. The Bertz CT molecular complexity index is 2590. The summed E-state index contributed by atoms with van der Waals surface area (Å²) >= 11 is 0. The van der Waals surface area contributed by atoms with Crippen LogP contribution in [-0.4, -0.2) is 81.2 Å². The fourth-order valence-corrected chi connectivity index (χ4v) is 9.13. The van der Waals surface area contributed by atoms with Crippen LogP contribution >= 0.6 is 0 Å². The number of pyridine rings is 2. The normalized spacial score (nSPS) is 14.7. The average Bonchev–Trinajstić information content (AvgIpc) is 3.19. The van der Waals surface area contributed by atoms with E-state index < -0.39 is 43.8 Å². The molecule has 0 N–H and O–H groups in total. The van der Waals surface area contributed by atoms with E-state index in [1.54, 1.807) is 83.8 Å². The number of carbonyl (C=O) groups excluding carboxylic acids is 1. The van der Waals surface area contributed by atoms with Crippen molar-refractivity contribution in [3.05, 3.63) is 133 Å². The molecule has 284 valence electrons. The first-order valence-corrected chi connectivity index (χ1v) is 20.0. The number of piperazine rings is 1. The Balaban J connectivity index is 1.15. The lowest BCUT2D eigenvalue weighted by atomic mass is 10.0. The zero-order valence-electron chi connectivity index (χ0n) is 29.3. The molecule has 16 heteroatoms. The molecule has 0 bridgehead atoms. The van der Waals surface area contributed by atoms with Crippen molar-refractivity contribution >= 4 is 53.3 Å². The molecule has 7 rings (SSSR count). The number of carbonyl (C=O) groups is 1. The van der Waals surface area contributed by atoms with Crippen LogP contribution in [0, 0.1) is 0 Å². The Morgan fingerprint density at radius 3 is 1.96 bits per heavy atom. The van der Waals surface area contributed by atoms with Crippen molar-refractivity contribution in [3.8, 4) is 5.75 Å². The highest BCUT2D eigenvalue weighted by Gasteiger charge is 2.38. The minimum Gasteiger partial charge on any atom is -0.378 e. The number of nitrogens with zero attached hydrogens (tertiary/aromatic N) is 5. The van der Waals surface area contributed by atoms with Crippen LogP contribution in [0.15, 0.2) is 132 Å². The minimum atomic E-state index is -4.51. The standard InChI is InChI=1S/C39H34F3N5O6S2/c1-45(54(49,50)36-33-11-4-2-7-28(33)17-19-43-36)35(38(48)47-23-21-46(22-24-47)31-10-6-9-30(26-31)39(40,41)42)25-27-13-15-32(16-14-27)53-55(51,52)37-34-12-5-3-8-29(34)18-20-44-37/h2-20,26,35H,21-25H2,1H3/t35-/m0/s1. The maximum Gasteiger partial charge on any atom is 0.416 e. The van der Waals surface area contributed by atoms with Crippen LogP contribution in [0.4, 0.5) is 18.9 Å². The molecule has 0 aliphatic carbocycles. The number of sulfonamides is 1. The lowest BCUT2D eigenvalue weighted by molar-refractivity contribution is -0.137. The predicted octanol–water partition coefficient (Wildman–Crippen LogP) is 6.15. The zero-order chi connectivity index (χ0) is 39.0. The van der Waals surface area contributed by atoms with Crippen molar-refractivity contribution in [1.29, 1.82) is 0 Å². The van der Waals surface area contributed by atoms with Gasteiger partial charge in [0.1, 0.15) is 11.8 Å². The molecule has 1 amide bonds. The van der Waals surface area contributed by atoms with Crippen molar-refractivity contribution < 1.29 is 39.0 Å². The highest BCUT2D eigenvalue weighted by molar-refractivity contribution is 7.89. The van der Waals surface area contributed by atoms with Crippen molar-refractivity contribution in [1.82, 2.24) is 19.2 Å². The predicted molar refractivity (Wildman–Crippen MR) is 200 cm³/mol. The first-order chi connectivity index (χ1) is 26.2. The molecule has 0 saturated carbocycles. The van der Waals surface area contributed by atoms with Gasteiger partial charge in [0.15, 0.2) is 5.03 Å². The Morgan fingerprint density at radius 2 is 1.35 bits per heavy atom. The number of fused-ring (bicyclic) bond motifs is 2. The average molecular weight is 790 g/mol. The molecule has 2 aromatic heterocycles. The van der Waals surface area contributed by atoms with Crippen LogP contribution in [0.5, 0.6) is 5.75 Å². The largest absolute Gasteiger partial charge is 0.416 e. The van der Waals surface area contributed by atoms with E-state index in [1.165, 1.54) is 42.5 Å². The molecule has 0 spiro atoms. The van der Waals surface area contributed by atoms with E-state index in [2.05, 4.69) is 9.97 Å². The van der Waals surface area contributed by atoms with E-state index in [4.69, 9.17) is 4.18 Å². The summed E-state index contributed by atoms with van der Waals surface area (Å²) in [5.41, 5.74) is 0.0827. The van der Waals surface area contributed by atoms with Gasteiger partial charge >= 0.3 is 16.3 Å². The Kier molecular flexibility index (Phi) is 10.2. The third-order valence-corrected chi connectivity index (χ3v) is 12.6. The van der Waals surface area contributed by atoms with Gasteiger partial charge in [-0.3, -0.25) is 4.79 Å². The SMILES string of the molecule is CN([C@@H](Cc1ccc(OS(=O)(=O)c2nccc3ccccc23)cc1)C(=O)N1CCN(c2cccc(C(F)(F)F)c2)CC1)S(=O)(=O)c1nccc2ccccc12. The molecule has 1 aliphatic heterocycles. The van der Waals surface area contributed by atoms with Gasteiger partial charge in [0.25, 0.3) is 10.0 Å². The minimum absolute atomic E-state index is 0.0204. The molecule has 11 nitrogen and oxygen atoms in total. The highest BCUT2D eigenvalue weighted by atomic mass is 32.2. The van der Waals surface area contributed by atoms with Gasteiger partial charge in [0, 0.05) is 62.1 Å². The number of hydrogen-bond donors (Lipinski definition) is 0. The molecule has 1 fully saturated rings. The molecule has 4 aromatic carbocycles. The first-order valence-electron chi connectivity index (χ1n) is 17.1. The van der Waals surface area contributed by atoms with Gasteiger partial charge in [-0.15, -0.1) is 0 Å². The van der Waals surface area contributed by atoms with Gasteiger partial charge in [0.05, 0.1) is 5.56 Å². The second-order valence-electron chi connectivity index (χ2n) is 13.0.